The van der Waals surface area contributed by atoms with Gasteiger partial charge in [0.2, 0.25) is 0 Å². The van der Waals surface area contributed by atoms with Crippen LogP contribution in [-0.2, 0) is 17.7 Å². The quantitative estimate of drug-likeness (QED) is 0.505. The minimum atomic E-state index is -1.12. The van der Waals surface area contributed by atoms with Gasteiger partial charge < -0.3 is 25.4 Å². The van der Waals surface area contributed by atoms with Gasteiger partial charge in [-0.25, -0.2) is 9.97 Å². The molecule has 0 bridgehead atoms. The molecule has 1 aromatic heterocycles. The molecule has 29 heavy (non-hydrogen) atoms. The molecule has 7 heteroatoms. The lowest BCUT2D eigenvalue weighted by atomic mass is 10.0. The lowest BCUT2D eigenvalue weighted by molar-refractivity contribution is -0.0227. The molecular formula is C22H25N3O4. The van der Waals surface area contributed by atoms with Crippen LogP contribution < -0.4 is 5.32 Å². The second-order valence-electron chi connectivity index (χ2n) is 7.22. The van der Waals surface area contributed by atoms with Crippen molar-refractivity contribution >= 4 is 16.7 Å². The fourth-order valence-electron chi connectivity index (χ4n) is 3.62. The summed E-state index contributed by atoms with van der Waals surface area (Å²) >= 11 is 0. The lowest BCUT2D eigenvalue weighted by Gasteiger charge is -2.17. The summed E-state index contributed by atoms with van der Waals surface area (Å²) in [6.07, 6.45) is -3.06. The minimum absolute atomic E-state index is 0.349. The number of aromatic nitrogens is 2. The van der Waals surface area contributed by atoms with Gasteiger partial charge in [0.25, 0.3) is 0 Å². The molecular weight excluding hydrogens is 370 g/mol. The summed E-state index contributed by atoms with van der Waals surface area (Å²) in [7, 11) is 0. The van der Waals surface area contributed by atoms with Gasteiger partial charge in [-0.3, -0.25) is 0 Å². The third-order valence-electron chi connectivity index (χ3n) is 5.26. The van der Waals surface area contributed by atoms with Crippen LogP contribution in [0.3, 0.4) is 0 Å². The van der Waals surface area contributed by atoms with Crippen LogP contribution in [-0.4, -0.2) is 50.2 Å². The predicted molar refractivity (Wildman–Crippen MR) is 109 cm³/mol. The number of hydrogen-bond donors (Lipinski definition) is 4. The van der Waals surface area contributed by atoms with E-state index in [1.807, 2.05) is 43.3 Å². The maximum Gasteiger partial charge on any atom is 0.137 e. The third kappa shape index (κ3) is 3.95. The van der Waals surface area contributed by atoms with Gasteiger partial charge >= 0.3 is 0 Å². The zero-order chi connectivity index (χ0) is 20.4. The van der Waals surface area contributed by atoms with Gasteiger partial charge in [0.05, 0.1) is 12.1 Å². The first-order chi connectivity index (χ1) is 14.1. The maximum absolute atomic E-state index is 10.3. The number of fused-ring (bicyclic) bond motifs is 1. The fourth-order valence-corrected chi connectivity index (χ4v) is 3.62. The van der Waals surface area contributed by atoms with Crippen LogP contribution in [0.4, 0.5) is 5.82 Å². The predicted octanol–water partition coefficient (Wildman–Crippen LogP) is 1.96. The topological polar surface area (TPSA) is 108 Å². The van der Waals surface area contributed by atoms with Gasteiger partial charge in [-0.15, -0.1) is 0 Å². The Morgan fingerprint density at radius 3 is 2.52 bits per heavy atom. The van der Waals surface area contributed by atoms with Crippen LogP contribution in [0, 0.1) is 0 Å². The van der Waals surface area contributed by atoms with Gasteiger partial charge in [0.15, 0.2) is 0 Å². The lowest BCUT2D eigenvalue weighted by Crippen LogP contribution is -2.32. The van der Waals surface area contributed by atoms with Crippen molar-refractivity contribution in [3.63, 3.8) is 0 Å². The molecule has 2 heterocycles. The highest BCUT2D eigenvalue weighted by molar-refractivity contribution is 5.89. The number of hydrogen-bond acceptors (Lipinski definition) is 7. The zero-order valence-corrected chi connectivity index (χ0v) is 16.2. The van der Waals surface area contributed by atoms with Crippen LogP contribution in [0.2, 0.25) is 0 Å². The van der Waals surface area contributed by atoms with Crippen LogP contribution in [0.25, 0.3) is 10.9 Å². The Balaban J connectivity index is 1.66. The monoisotopic (exact) mass is 395 g/mol. The van der Waals surface area contributed by atoms with Gasteiger partial charge in [0, 0.05) is 18.4 Å². The van der Waals surface area contributed by atoms with Crippen molar-refractivity contribution in [3.05, 3.63) is 65.5 Å². The maximum atomic E-state index is 10.3. The van der Waals surface area contributed by atoms with Crippen LogP contribution in [0.15, 0.2) is 48.5 Å². The van der Waals surface area contributed by atoms with Crippen molar-refractivity contribution in [1.82, 2.24) is 9.97 Å². The Bertz CT molecular complexity index is 982. The molecule has 0 radical (unpaired) electrons. The Labute approximate surface area is 169 Å². The number of aliphatic hydroxyl groups is 3. The van der Waals surface area contributed by atoms with E-state index in [9.17, 15) is 15.3 Å². The van der Waals surface area contributed by atoms with E-state index >= 15 is 0 Å². The first kappa shape index (κ1) is 19.7. The van der Waals surface area contributed by atoms with E-state index in [4.69, 9.17) is 4.74 Å². The molecule has 1 saturated heterocycles. The van der Waals surface area contributed by atoms with Crippen LogP contribution >= 0.6 is 0 Å². The van der Waals surface area contributed by atoms with Crippen LogP contribution in [0.5, 0.6) is 0 Å². The molecule has 0 aliphatic carbocycles. The summed E-state index contributed by atoms with van der Waals surface area (Å²) < 4.78 is 5.65. The number of ether oxygens (including phenoxy) is 1. The molecule has 152 valence electrons. The van der Waals surface area contributed by atoms with Crippen molar-refractivity contribution < 1.29 is 20.1 Å². The van der Waals surface area contributed by atoms with Crippen molar-refractivity contribution in [1.29, 1.82) is 0 Å². The molecule has 4 N–H and O–H groups in total. The van der Waals surface area contributed by atoms with Crippen molar-refractivity contribution in [2.24, 2.45) is 0 Å². The average Bonchev–Trinajstić information content (AvgIpc) is 3.06. The second-order valence-corrected chi connectivity index (χ2v) is 7.22. The summed E-state index contributed by atoms with van der Waals surface area (Å²) in [5.41, 5.74) is 2.60. The number of anilines is 1. The van der Waals surface area contributed by atoms with Gasteiger partial charge in [-0.1, -0.05) is 43.3 Å². The molecule has 0 unspecified atom stereocenters. The first-order valence-corrected chi connectivity index (χ1v) is 9.81. The van der Waals surface area contributed by atoms with E-state index in [2.05, 4.69) is 27.4 Å². The Morgan fingerprint density at radius 2 is 1.83 bits per heavy atom. The van der Waals surface area contributed by atoms with Crippen molar-refractivity contribution in [2.45, 2.75) is 44.3 Å². The molecule has 0 spiro atoms. The number of rotatable bonds is 6. The largest absolute Gasteiger partial charge is 0.394 e. The highest BCUT2D eigenvalue weighted by atomic mass is 16.6. The Kier molecular flexibility index (Phi) is 5.73. The van der Waals surface area contributed by atoms with Crippen molar-refractivity contribution in [2.75, 3.05) is 11.9 Å². The van der Waals surface area contributed by atoms with E-state index in [0.717, 1.165) is 22.3 Å². The number of benzene rings is 2. The number of nitrogens with zero attached hydrogens (tertiary/aromatic N) is 2. The van der Waals surface area contributed by atoms with E-state index < -0.39 is 24.4 Å². The summed E-state index contributed by atoms with van der Waals surface area (Å²) in [4.78, 5) is 9.26. The number of nitrogens with one attached hydrogen (secondary N) is 1. The molecule has 2 aromatic carbocycles. The first-order valence-electron chi connectivity index (χ1n) is 9.81. The van der Waals surface area contributed by atoms with Gasteiger partial charge in [-0.05, 0) is 23.3 Å². The SMILES string of the molecule is CCc1nc(NCc2ccccc2)c2ccc([C@@H]3O[C@H](CO)[C@@H](O)[C@H]3O)cc2n1. The summed E-state index contributed by atoms with van der Waals surface area (Å²) in [5.74, 6) is 1.47. The fraction of sp³-hybridized carbons (Fsp3) is 0.364. The van der Waals surface area contributed by atoms with E-state index in [1.54, 1.807) is 0 Å². The Hall–Kier alpha value is -2.58. The minimum Gasteiger partial charge on any atom is -0.394 e. The summed E-state index contributed by atoms with van der Waals surface area (Å²) in [6.45, 7) is 2.29. The highest BCUT2D eigenvalue weighted by Crippen LogP contribution is 2.35. The standard InChI is InChI=1S/C22H25N3O4/c1-2-18-24-16-10-14(21-20(28)19(27)17(12-26)29-21)8-9-15(16)22(25-18)23-11-13-6-4-3-5-7-13/h3-10,17,19-21,26-28H,2,11-12H2,1H3,(H,23,24,25)/t17-,19-,20-,21+/m1/s1. The van der Waals surface area contributed by atoms with Gasteiger partial charge in [0.1, 0.15) is 36.1 Å². The molecule has 1 aliphatic heterocycles. The van der Waals surface area contributed by atoms with E-state index in [1.165, 1.54) is 0 Å². The van der Waals surface area contributed by atoms with Crippen molar-refractivity contribution in [3.8, 4) is 0 Å². The molecule has 0 saturated carbocycles. The smallest absolute Gasteiger partial charge is 0.137 e. The third-order valence-corrected chi connectivity index (χ3v) is 5.26. The average molecular weight is 395 g/mol. The Morgan fingerprint density at radius 1 is 1.03 bits per heavy atom. The molecule has 1 fully saturated rings. The second kappa shape index (κ2) is 8.42. The van der Waals surface area contributed by atoms with E-state index in [-0.39, 0.29) is 6.61 Å². The molecule has 4 atom stereocenters. The molecule has 1 aliphatic rings. The van der Waals surface area contributed by atoms with E-state index in [0.29, 0.717) is 24.4 Å². The molecule has 0 amide bonds. The molecule has 7 nitrogen and oxygen atoms in total. The number of aliphatic hydroxyl groups excluding tert-OH is 3. The number of aryl methyl sites for hydroxylation is 1. The zero-order valence-electron chi connectivity index (χ0n) is 16.2. The molecule has 4 rings (SSSR count). The summed E-state index contributed by atoms with van der Waals surface area (Å²) in [6, 6.07) is 15.7. The van der Waals surface area contributed by atoms with Gasteiger partial charge in [-0.2, -0.15) is 0 Å². The van der Waals surface area contributed by atoms with Crippen LogP contribution in [0.1, 0.15) is 30.0 Å². The highest BCUT2D eigenvalue weighted by Gasteiger charge is 2.43. The summed E-state index contributed by atoms with van der Waals surface area (Å²) in [5, 5.41) is 33.9. The normalized spacial score (nSPS) is 24.1. The molecule has 3 aromatic rings.